The molecule has 0 N–H and O–H groups in total. The lowest BCUT2D eigenvalue weighted by molar-refractivity contribution is -0.312. The molecule has 18 heavy (non-hydrogen) atoms. The zero-order valence-electron chi connectivity index (χ0n) is 9.96. The van der Waals surface area contributed by atoms with Crippen LogP contribution in [0.5, 0.6) is 0 Å². The number of piperidine rings is 1. The van der Waals surface area contributed by atoms with E-state index in [0.29, 0.717) is 19.4 Å². The van der Waals surface area contributed by atoms with Gasteiger partial charge in [-0.25, -0.2) is 8.42 Å². The van der Waals surface area contributed by atoms with Crippen LogP contribution in [0.4, 0.5) is 0 Å². The summed E-state index contributed by atoms with van der Waals surface area (Å²) in [6.07, 6.45) is 1.04. The standard InChI is InChI=1S/C11H15NO4S2/c1-8-4-5-10(17-8)18(15,16)12-6-2-3-9(7-12)11(13)14/h4-5,9H,2-3,6-7H2,1H3,(H,13,14)/p-1. The van der Waals surface area contributed by atoms with E-state index in [0.717, 1.165) is 4.88 Å². The van der Waals surface area contributed by atoms with Crippen LogP contribution < -0.4 is 5.11 Å². The number of carbonyl (C=O) groups excluding carboxylic acids is 1. The lowest BCUT2D eigenvalue weighted by Crippen LogP contribution is -2.45. The number of carboxylic acid groups (broad SMARTS) is 1. The molecule has 0 saturated carbocycles. The van der Waals surface area contributed by atoms with Gasteiger partial charge in [0, 0.05) is 29.9 Å². The van der Waals surface area contributed by atoms with Crippen molar-refractivity contribution >= 4 is 27.3 Å². The predicted molar refractivity (Wildman–Crippen MR) is 65.5 cm³/mol. The summed E-state index contributed by atoms with van der Waals surface area (Å²) in [6.45, 7) is 2.23. The Morgan fingerprint density at radius 3 is 2.78 bits per heavy atom. The Kier molecular flexibility index (Phi) is 3.74. The average Bonchev–Trinajstić information content (AvgIpc) is 2.77. The first kappa shape index (κ1) is 13.5. The van der Waals surface area contributed by atoms with E-state index in [1.54, 1.807) is 12.1 Å². The van der Waals surface area contributed by atoms with Crippen molar-refractivity contribution in [2.75, 3.05) is 13.1 Å². The third kappa shape index (κ3) is 2.57. The molecule has 1 aliphatic rings. The van der Waals surface area contributed by atoms with Gasteiger partial charge in [-0.3, -0.25) is 0 Å². The van der Waals surface area contributed by atoms with Crippen LogP contribution in [0.15, 0.2) is 16.3 Å². The Bertz CT molecular complexity index is 549. The Morgan fingerprint density at radius 1 is 1.50 bits per heavy atom. The molecule has 1 saturated heterocycles. The van der Waals surface area contributed by atoms with Gasteiger partial charge in [0.25, 0.3) is 10.0 Å². The summed E-state index contributed by atoms with van der Waals surface area (Å²) in [5.41, 5.74) is 0. The largest absolute Gasteiger partial charge is 0.550 e. The van der Waals surface area contributed by atoms with Crippen molar-refractivity contribution in [1.29, 1.82) is 0 Å². The molecule has 0 bridgehead atoms. The molecule has 0 aliphatic carbocycles. The molecule has 7 heteroatoms. The van der Waals surface area contributed by atoms with Crippen LogP contribution in [0.1, 0.15) is 17.7 Å². The van der Waals surface area contributed by atoms with Gasteiger partial charge >= 0.3 is 0 Å². The Morgan fingerprint density at radius 2 is 2.22 bits per heavy atom. The number of sulfonamides is 1. The number of carboxylic acids is 1. The van der Waals surface area contributed by atoms with E-state index in [2.05, 4.69) is 0 Å². The summed E-state index contributed by atoms with van der Waals surface area (Å²) >= 11 is 1.21. The predicted octanol–water partition coefficient (Wildman–Crippen LogP) is 0.207. The minimum absolute atomic E-state index is 0.0155. The number of hydrogen-bond acceptors (Lipinski definition) is 5. The van der Waals surface area contributed by atoms with E-state index in [1.165, 1.54) is 15.6 Å². The van der Waals surface area contributed by atoms with Crippen LogP contribution in [0.3, 0.4) is 0 Å². The number of nitrogens with zero attached hydrogens (tertiary/aromatic N) is 1. The maximum atomic E-state index is 12.3. The first-order valence-electron chi connectivity index (χ1n) is 5.68. The number of thiophene rings is 1. The SMILES string of the molecule is Cc1ccc(S(=O)(=O)N2CCCC(C(=O)[O-])C2)s1. The van der Waals surface area contributed by atoms with Crippen molar-refractivity contribution in [2.45, 2.75) is 24.0 Å². The molecule has 0 aromatic carbocycles. The highest BCUT2D eigenvalue weighted by Crippen LogP contribution is 2.27. The van der Waals surface area contributed by atoms with Gasteiger partial charge in [0.05, 0.1) is 0 Å². The van der Waals surface area contributed by atoms with Crippen LogP contribution >= 0.6 is 11.3 Å². The van der Waals surface area contributed by atoms with Crippen molar-refractivity contribution in [3.63, 3.8) is 0 Å². The monoisotopic (exact) mass is 288 g/mol. The van der Waals surface area contributed by atoms with Crippen molar-refractivity contribution < 1.29 is 18.3 Å². The van der Waals surface area contributed by atoms with Gasteiger partial charge < -0.3 is 9.90 Å². The fraction of sp³-hybridized carbons (Fsp3) is 0.545. The summed E-state index contributed by atoms with van der Waals surface area (Å²) in [4.78, 5) is 11.8. The Labute approximate surface area is 110 Å². The summed E-state index contributed by atoms with van der Waals surface area (Å²) < 4.78 is 26.1. The molecule has 1 atom stereocenters. The summed E-state index contributed by atoms with van der Waals surface area (Å²) in [6, 6.07) is 3.32. The van der Waals surface area contributed by atoms with Gasteiger partial charge in [-0.1, -0.05) is 0 Å². The average molecular weight is 288 g/mol. The second kappa shape index (κ2) is 4.99. The molecular formula is C11H14NO4S2-. The van der Waals surface area contributed by atoms with Gasteiger partial charge in [-0.2, -0.15) is 4.31 Å². The zero-order chi connectivity index (χ0) is 13.3. The number of rotatable bonds is 3. The van der Waals surface area contributed by atoms with Gasteiger partial charge in [-0.15, -0.1) is 11.3 Å². The molecule has 1 aliphatic heterocycles. The molecular weight excluding hydrogens is 274 g/mol. The van der Waals surface area contributed by atoms with Crippen LogP contribution in [0.2, 0.25) is 0 Å². The fourth-order valence-electron chi connectivity index (χ4n) is 2.03. The second-order valence-corrected chi connectivity index (χ2v) is 7.84. The van der Waals surface area contributed by atoms with Gasteiger partial charge in [0.15, 0.2) is 0 Å². The summed E-state index contributed by atoms with van der Waals surface area (Å²) in [5.74, 6) is -1.87. The second-order valence-electron chi connectivity index (χ2n) is 4.39. The highest BCUT2D eigenvalue weighted by molar-refractivity contribution is 7.91. The van der Waals surface area contributed by atoms with Gasteiger partial charge in [-0.05, 0) is 31.9 Å². The van der Waals surface area contributed by atoms with Crippen molar-refractivity contribution in [3.8, 4) is 0 Å². The van der Waals surface area contributed by atoms with Crippen molar-refractivity contribution in [2.24, 2.45) is 5.92 Å². The molecule has 1 unspecified atom stereocenters. The molecule has 100 valence electrons. The third-order valence-electron chi connectivity index (χ3n) is 3.03. The van der Waals surface area contributed by atoms with Crippen LogP contribution in [-0.2, 0) is 14.8 Å². The number of carbonyl (C=O) groups is 1. The van der Waals surface area contributed by atoms with E-state index in [1.807, 2.05) is 6.92 Å². The summed E-state index contributed by atoms with van der Waals surface area (Å²) in [5, 5.41) is 10.8. The van der Waals surface area contributed by atoms with E-state index in [4.69, 9.17) is 0 Å². The topological polar surface area (TPSA) is 77.5 Å². The molecule has 2 rings (SSSR count). The van der Waals surface area contributed by atoms with E-state index < -0.39 is 21.9 Å². The molecule has 2 heterocycles. The molecule has 0 amide bonds. The number of aryl methyl sites for hydroxylation is 1. The normalized spacial score (nSPS) is 21.9. The fourth-order valence-corrected chi connectivity index (χ4v) is 4.99. The minimum Gasteiger partial charge on any atom is -0.550 e. The molecule has 1 fully saturated rings. The van der Waals surface area contributed by atoms with Crippen molar-refractivity contribution in [1.82, 2.24) is 4.31 Å². The minimum atomic E-state index is -3.55. The van der Waals surface area contributed by atoms with E-state index in [9.17, 15) is 18.3 Å². The molecule has 0 radical (unpaired) electrons. The van der Waals surface area contributed by atoms with Gasteiger partial charge in [0.1, 0.15) is 4.21 Å². The first-order chi connectivity index (χ1) is 8.41. The molecule has 1 aromatic rings. The molecule has 0 spiro atoms. The zero-order valence-corrected chi connectivity index (χ0v) is 11.6. The highest BCUT2D eigenvalue weighted by atomic mass is 32.2. The third-order valence-corrected chi connectivity index (χ3v) is 6.36. The maximum absolute atomic E-state index is 12.3. The number of hydrogen-bond donors (Lipinski definition) is 0. The van der Waals surface area contributed by atoms with Gasteiger partial charge in [0.2, 0.25) is 0 Å². The summed E-state index contributed by atoms with van der Waals surface area (Å²) in [7, 11) is -3.55. The first-order valence-corrected chi connectivity index (χ1v) is 7.94. The van der Waals surface area contributed by atoms with Crippen LogP contribution in [0, 0.1) is 12.8 Å². The lowest BCUT2D eigenvalue weighted by atomic mass is 10.0. The lowest BCUT2D eigenvalue weighted by Gasteiger charge is -2.31. The quantitative estimate of drug-likeness (QED) is 0.796. The Balaban J connectivity index is 2.22. The van der Waals surface area contributed by atoms with E-state index >= 15 is 0 Å². The molecule has 1 aromatic heterocycles. The van der Waals surface area contributed by atoms with Crippen LogP contribution in [0.25, 0.3) is 0 Å². The Hall–Kier alpha value is -0.920. The van der Waals surface area contributed by atoms with Crippen LogP contribution in [-0.4, -0.2) is 31.8 Å². The number of aliphatic carboxylic acids is 1. The smallest absolute Gasteiger partial charge is 0.252 e. The van der Waals surface area contributed by atoms with Crippen molar-refractivity contribution in [3.05, 3.63) is 17.0 Å². The highest BCUT2D eigenvalue weighted by Gasteiger charge is 2.31. The van der Waals surface area contributed by atoms with E-state index in [-0.39, 0.29) is 10.8 Å². The molecule has 5 nitrogen and oxygen atoms in total. The maximum Gasteiger partial charge on any atom is 0.252 e.